The predicted octanol–water partition coefficient (Wildman–Crippen LogP) is 4.29. The fourth-order valence-electron chi connectivity index (χ4n) is 3.46. The normalized spacial score (nSPS) is 12.8. The first kappa shape index (κ1) is 34.1. The molecule has 13 heteroatoms. The molecule has 2 aromatic rings. The summed E-state index contributed by atoms with van der Waals surface area (Å²) in [6, 6.07) is 7.91. The molecular formula is C26H32N2O9V2. The molecule has 2 rings (SSSR count). The number of nitrogens with zero attached hydrogens (tertiary/aromatic N) is 2. The number of para-hydroxylation sites is 2. The Morgan fingerprint density at radius 1 is 0.769 bits per heavy atom. The van der Waals surface area contributed by atoms with Gasteiger partial charge in [0.05, 0.1) is 0 Å². The molecule has 0 saturated carbocycles. The standard InChI is InChI=1S/C26H32N2O6.3O.2V/c1-15(2)11-21(25(31)32)27-13-17-7-5-9-19(23(17)29)20-10-6-8-18(24(20)30)14-28-22(26(33)34)12-16(3)4;;;;;/h5-10,13-16,21-22,29-30H,11-12H2,1-4H3,(H,31,32)(H,33,34);;;;;/t21-,22-;;;;;/m0...../s1. The van der Waals surface area contributed by atoms with Crippen LogP contribution >= 0.6 is 0 Å². The number of hydrogen-bond acceptors (Lipinski definition) is 9. The minimum absolute atomic E-state index is 0.140. The first-order chi connectivity index (χ1) is 18.4. The van der Waals surface area contributed by atoms with Crippen LogP contribution in [0.3, 0.4) is 0 Å². The van der Waals surface area contributed by atoms with E-state index in [1.807, 2.05) is 27.7 Å². The molecular weight excluding hydrogens is 586 g/mol. The van der Waals surface area contributed by atoms with Crippen LogP contribution in [0.25, 0.3) is 11.1 Å². The number of carbonyl (C=O) groups is 2. The van der Waals surface area contributed by atoms with Crippen molar-refractivity contribution in [1.82, 2.24) is 0 Å². The quantitative estimate of drug-likeness (QED) is 0.238. The van der Waals surface area contributed by atoms with E-state index in [0.717, 1.165) is 0 Å². The van der Waals surface area contributed by atoms with Crippen LogP contribution in [0.1, 0.15) is 51.7 Å². The monoisotopic (exact) mass is 618 g/mol. The Labute approximate surface area is 241 Å². The van der Waals surface area contributed by atoms with Crippen LogP contribution in [0.15, 0.2) is 46.4 Å². The van der Waals surface area contributed by atoms with E-state index in [0.29, 0.717) is 35.1 Å². The van der Waals surface area contributed by atoms with Crippen molar-refractivity contribution in [1.29, 1.82) is 0 Å². The van der Waals surface area contributed by atoms with Gasteiger partial charge in [-0.2, -0.15) is 0 Å². The molecule has 0 heterocycles. The minimum atomic E-state index is -1.30. The molecule has 0 aliphatic carbocycles. The molecule has 0 bridgehead atoms. The first-order valence-corrected chi connectivity index (χ1v) is 14.2. The molecule has 0 saturated heterocycles. The van der Waals surface area contributed by atoms with Gasteiger partial charge in [-0.25, -0.2) is 9.59 Å². The Kier molecular flexibility index (Phi) is 15.4. The van der Waals surface area contributed by atoms with Crippen molar-refractivity contribution < 1.29 is 73.1 Å². The number of aliphatic imine (C=N–C) groups is 2. The molecule has 0 unspecified atom stereocenters. The molecule has 0 aromatic heterocycles. The fraction of sp³-hybridized carbons (Fsp3) is 0.385. The average molecular weight is 618 g/mol. The molecule has 39 heavy (non-hydrogen) atoms. The van der Waals surface area contributed by atoms with Crippen LogP contribution in [-0.4, -0.2) is 56.9 Å². The van der Waals surface area contributed by atoms with Crippen LogP contribution in [0.4, 0.5) is 0 Å². The fourth-order valence-corrected chi connectivity index (χ4v) is 3.68. The summed E-state index contributed by atoms with van der Waals surface area (Å²) >= 11 is -2.61. The summed E-state index contributed by atoms with van der Waals surface area (Å²) in [7, 11) is 0. The zero-order chi connectivity index (χ0) is 29.5. The summed E-state index contributed by atoms with van der Waals surface area (Å²) in [4.78, 5) is 31.2. The van der Waals surface area contributed by atoms with Crippen molar-refractivity contribution in [2.24, 2.45) is 21.8 Å². The summed E-state index contributed by atoms with van der Waals surface area (Å²) in [5.74, 6) is -2.12. The van der Waals surface area contributed by atoms with Gasteiger partial charge in [0.25, 0.3) is 0 Å². The van der Waals surface area contributed by atoms with Gasteiger partial charge in [0.1, 0.15) is 23.6 Å². The zero-order valence-corrected chi connectivity index (χ0v) is 24.8. The summed E-state index contributed by atoms with van der Waals surface area (Å²) in [6.07, 6.45) is 3.38. The second-order valence-corrected chi connectivity index (χ2v) is 11.0. The molecule has 0 aliphatic rings. The number of carboxylic acids is 2. The van der Waals surface area contributed by atoms with E-state index < -0.39 is 57.2 Å². The number of hydrogen-bond donors (Lipinski definition) is 4. The number of phenolic OH excluding ortho intramolecular Hbond substituents is 2. The summed E-state index contributed by atoms with van der Waals surface area (Å²) in [5, 5.41) is 40.4. The third-order valence-electron chi connectivity index (χ3n) is 5.24. The van der Waals surface area contributed by atoms with E-state index in [1.165, 1.54) is 12.4 Å². The number of aromatic hydroxyl groups is 2. The third kappa shape index (κ3) is 11.8. The number of rotatable bonds is 13. The van der Waals surface area contributed by atoms with Crippen molar-refractivity contribution in [3.8, 4) is 22.6 Å². The maximum atomic E-state index is 11.5. The molecule has 2 aromatic carbocycles. The van der Waals surface area contributed by atoms with E-state index in [9.17, 15) is 37.4 Å². The van der Waals surface area contributed by atoms with Crippen molar-refractivity contribution in [3.63, 3.8) is 0 Å². The van der Waals surface area contributed by atoms with E-state index in [2.05, 4.69) is 12.6 Å². The summed E-state index contributed by atoms with van der Waals surface area (Å²) in [6.45, 7) is 7.63. The van der Waals surface area contributed by atoms with Crippen LogP contribution in [0.5, 0.6) is 11.5 Å². The number of benzene rings is 2. The Balaban J connectivity index is 0.00000139. The summed E-state index contributed by atoms with van der Waals surface area (Å²) in [5.41, 5.74) is 1.27. The van der Waals surface area contributed by atoms with Crippen molar-refractivity contribution in [3.05, 3.63) is 47.5 Å². The molecule has 0 radical (unpaired) electrons. The van der Waals surface area contributed by atoms with Gasteiger partial charge in [-0.1, -0.05) is 52.0 Å². The van der Waals surface area contributed by atoms with Gasteiger partial charge in [0.15, 0.2) is 0 Å². The molecule has 210 valence electrons. The van der Waals surface area contributed by atoms with Gasteiger partial charge in [0.2, 0.25) is 0 Å². The number of aliphatic carboxylic acids is 2. The Morgan fingerprint density at radius 2 is 1.13 bits per heavy atom. The van der Waals surface area contributed by atoms with Crippen LogP contribution < -0.4 is 0 Å². The van der Waals surface area contributed by atoms with E-state index in [-0.39, 0.29) is 23.3 Å². The third-order valence-corrected chi connectivity index (χ3v) is 6.30. The van der Waals surface area contributed by atoms with Gasteiger partial charge >= 0.3 is 55.0 Å². The Bertz CT molecular complexity index is 1110. The van der Waals surface area contributed by atoms with Crippen molar-refractivity contribution in [2.45, 2.75) is 52.6 Å². The van der Waals surface area contributed by atoms with Gasteiger partial charge in [-0.15, -0.1) is 0 Å². The van der Waals surface area contributed by atoms with Gasteiger partial charge in [-0.3, -0.25) is 9.98 Å². The molecule has 11 nitrogen and oxygen atoms in total. The Morgan fingerprint density at radius 3 is 1.38 bits per heavy atom. The van der Waals surface area contributed by atoms with E-state index in [4.69, 9.17) is 0 Å². The van der Waals surface area contributed by atoms with Crippen LogP contribution in [0, 0.1) is 11.8 Å². The van der Waals surface area contributed by atoms with Crippen molar-refractivity contribution in [2.75, 3.05) is 0 Å². The topological polar surface area (TPSA) is 183 Å². The van der Waals surface area contributed by atoms with Crippen molar-refractivity contribution >= 4 is 24.4 Å². The molecule has 0 amide bonds. The first-order valence-electron chi connectivity index (χ1n) is 11.9. The molecule has 0 spiro atoms. The molecule has 4 N–H and O–H groups in total. The van der Waals surface area contributed by atoms with Gasteiger partial charge in [0, 0.05) is 34.7 Å². The van der Waals surface area contributed by atoms with E-state index >= 15 is 0 Å². The number of phenols is 2. The predicted molar refractivity (Wildman–Crippen MR) is 135 cm³/mol. The average Bonchev–Trinajstić information content (AvgIpc) is 2.86. The Hall–Kier alpha value is -2.95. The zero-order valence-electron chi connectivity index (χ0n) is 22.0. The molecule has 0 fully saturated rings. The number of carboxylic acid groups (broad SMARTS) is 2. The second-order valence-electron chi connectivity index (χ2n) is 9.24. The van der Waals surface area contributed by atoms with Crippen LogP contribution in [-0.2, 0) is 52.7 Å². The molecule has 2 atom stereocenters. The van der Waals surface area contributed by atoms with Gasteiger partial charge < -0.3 is 20.4 Å². The maximum absolute atomic E-state index is 11.5. The SMILES string of the molecule is CC(C)C[C@H](N=Cc1cccc(-c2cccc(C=N[C@@H](CC(C)C)C(=O)O)c2O)c1O)C(=O)O.[O]=[V][O][V]=[O]. The second kappa shape index (κ2) is 17.6. The van der Waals surface area contributed by atoms with E-state index in [1.54, 1.807) is 36.4 Å². The molecule has 0 aliphatic heterocycles. The van der Waals surface area contributed by atoms with Gasteiger partial charge in [-0.05, 0) is 36.8 Å². The summed E-state index contributed by atoms with van der Waals surface area (Å²) < 4.78 is 22.4. The van der Waals surface area contributed by atoms with Crippen LogP contribution in [0.2, 0.25) is 0 Å².